The third kappa shape index (κ3) is 3.04. The number of hydrogen-bond acceptors (Lipinski definition) is 4. The van der Waals surface area contributed by atoms with E-state index in [2.05, 4.69) is 0 Å². The third-order valence-corrected chi connectivity index (χ3v) is 3.71. The minimum atomic E-state index is 0.0552. The van der Waals surface area contributed by atoms with Crippen molar-refractivity contribution in [3.63, 3.8) is 0 Å². The summed E-state index contributed by atoms with van der Waals surface area (Å²) in [6.07, 6.45) is 0.999. The average molecular weight is 277 g/mol. The molecule has 2 rings (SSSR count). The second-order valence-corrected chi connectivity index (χ2v) is 5.53. The fourth-order valence-electron chi connectivity index (χ4n) is 2.67. The van der Waals surface area contributed by atoms with E-state index in [1.807, 2.05) is 36.0 Å². The molecule has 1 amide bonds. The number of carbonyl (C=O) groups excluding carboxylic acids is 1. The molecule has 1 fully saturated rings. The molecular weight excluding hydrogens is 254 g/mol. The normalized spacial score (nSPS) is 18.4. The van der Waals surface area contributed by atoms with Crippen LogP contribution >= 0.6 is 0 Å². The highest BCUT2D eigenvalue weighted by molar-refractivity contribution is 6.00. The maximum atomic E-state index is 12.7. The highest BCUT2D eigenvalue weighted by atomic mass is 16.5. The number of methoxy groups -OCH3 is 1. The molecule has 1 aliphatic rings. The van der Waals surface area contributed by atoms with Crippen molar-refractivity contribution >= 4 is 17.3 Å². The van der Waals surface area contributed by atoms with E-state index in [4.69, 9.17) is 10.5 Å². The van der Waals surface area contributed by atoms with Gasteiger partial charge in [-0.25, -0.2) is 0 Å². The van der Waals surface area contributed by atoms with E-state index in [9.17, 15) is 4.79 Å². The zero-order valence-corrected chi connectivity index (χ0v) is 12.4. The Balaban J connectivity index is 2.19. The summed E-state index contributed by atoms with van der Waals surface area (Å²) in [6.45, 7) is 2.25. The summed E-state index contributed by atoms with van der Waals surface area (Å²) in [5.41, 5.74) is 8.02. The van der Waals surface area contributed by atoms with E-state index in [0.717, 1.165) is 25.2 Å². The lowest BCUT2D eigenvalue weighted by atomic mass is 10.1. The standard InChI is InChI=1S/C15H23N3O2/c1-17(2)14-5-4-12(16)8-13(14)15(19)18-7-6-11(9-18)10-20-3/h4-5,8,11H,6-7,9-10,16H2,1-3H3. The summed E-state index contributed by atoms with van der Waals surface area (Å²) in [7, 11) is 5.56. The van der Waals surface area contributed by atoms with Crippen molar-refractivity contribution < 1.29 is 9.53 Å². The Morgan fingerprint density at radius 2 is 2.25 bits per heavy atom. The summed E-state index contributed by atoms with van der Waals surface area (Å²) in [4.78, 5) is 16.5. The lowest BCUT2D eigenvalue weighted by Gasteiger charge is -2.22. The van der Waals surface area contributed by atoms with Crippen LogP contribution in [0.3, 0.4) is 0 Å². The quantitative estimate of drug-likeness (QED) is 0.846. The number of nitrogen functional groups attached to an aromatic ring is 1. The van der Waals surface area contributed by atoms with Crippen LogP contribution in [0.2, 0.25) is 0 Å². The summed E-state index contributed by atoms with van der Waals surface area (Å²) in [5, 5.41) is 0. The van der Waals surface area contributed by atoms with Crippen LogP contribution in [0.15, 0.2) is 18.2 Å². The molecule has 5 nitrogen and oxygen atoms in total. The van der Waals surface area contributed by atoms with Crippen molar-refractivity contribution in [2.45, 2.75) is 6.42 Å². The summed E-state index contributed by atoms with van der Waals surface area (Å²) >= 11 is 0. The molecule has 5 heteroatoms. The van der Waals surface area contributed by atoms with Crippen molar-refractivity contribution in [3.8, 4) is 0 Å². The first-order valence-corrected chi connectivity index (χ1v) is 6.88. The summed E-state index contributed by atoms with van der Waals surface area (Å²) in [5.74, 6) is 0.493. The van der Waals surface area contributed by atoms with Crippen molar-refractivity contribution in [1.82, 2.24) is 4.90 Å². The highest BCUT2D eigenvalue weighted by Gasteiger charge is 2.28. The minimum absolute atomic E-state index is 0.0552. The molecule has 0 saturated carbocycles. The van der Waals surface area contributed by atoms with E-state index in [-0.39, 0.29) is 5.91 Å². The van der Waals surface area contributed by atoms with Crippen molar-refractivity contribution in [2.75, 3.05) is 51.5 Å². The van der Waals surface area contributed by atoms with Gasteiger partial charge in [-0.15, -0.1) is 0 Å². The molecule has 1 atom stereocenters. The maximum Gasteiger partial charge on any atom is 0.256 e. The molecule has 1 aromatic rings. The fourth-order valence-corrected chi connectivity index (χ4v) is 2.67. The van der Waals surface area contributed by atoms with Crippen LogP contribution in [0.1, 0.15) is 16.8 Å². The number of nitrogens with two attached hydrogens (primary N) is 1. The van der Waals surface area contributed by atoms with Gasteiger partial charge in [0.15, 0.2) is 0 Å². The van der Waals surface area contributed by atoms with Crippen LogP contribution in [0.4, 0.5) is 11.4 Å². The predicted molar refractivity (Wildman–Crippen MR) is 81.1 cm³/mol. The van der Waals surface area contributed by atoms with Gasteiger partial charge >= 0.3 is 0 Å². The highest BCUT2D eigenvalue weighted by Crippen LogP contribution is 2.26. The van der Waals surface area contributed by atoms with Gasteiger partial charge in [0, 0.05) is 51.6 Å². The van der Waals surface area contributed by atoms with E-state index in [1.165, 1.54) is 0 Å². The molecule has 0 bridgehead atoms. The van der Waals surface area contributed by atoms with Crippen LogP contribution < -0.4 is 10.6 Å². The van der Waals surface area contributed by atoms with Gasteiger partial charge in [-0.2, -0.15) is 0 Å². The Bertz CT molecular complexity index is 488. The molecule has 110 valence electrons. The zero-order valence-electron chi connectivity index (χ0n) is 12.4. The topological polar surface area (TPSA) is 58.8 Å². The number of ether oxygens (including phenoxy) is 1. The molecule has 0 aliphatic carbocycles. The Kier molecular flexibility index (Phi) is 4.49. The molecule has 0 aromatic heterocycles. The van der Waals surface area contributed by atoms with E-state index >= 15 is 0 Å². The largest absolute Gasteiger partial charge is 0.399 e. The van der Waals surface area contributed by atoms with Gasteiger partial charge in [0.25, 0.3) is 5.91 Å². The maximum absolute atomic E-state index is 12.7. The smallest absolute Gasteiger partial charge is 0.256 e. The van der Waals surface area contributed by atoms with Crippen LogP contribution in [0.5, 0.6) is 0 Å². The Hall–Kier alpha value is -1.75. The molecule has 1 heterocycles. The van der Waals surface area contributed by atoms with Crippen LogP contribution in [0, 0.1) is 5.92 Å². The number of amides is 1. The van der Waals surface area contributed by atoms with Crippen molar-refractivity contribution in [3.05, 3.63) is 23.8 Å². The van der Waals surface area contributed by atoms with Crippen molar-refractivity contribution in [2.24, 2.45) is 5.92 Å². The second kappa shape index (κ2) is 6.13. The van der Waals surface area contributed by atoms with Crippen molar-refractivity contribution in [1.29, 1.82) is 0 Å². The molecule has 1 saturated heterocycles. The first-order valence-electron chi connectivity index (χ1n) is 6.88. The van der Waals surface area contributed by atoms with E-state index in [0.29, 0.717) is 23.8 Å². The third-order valence-electron chi connectivity index (χ3n) is 3.71. The van der Waals surface area contributed by atoms with Crippen LogP contribution in [0.25, 0.3) is 0 Å². The first kappa shape index (κ1) is 14.7. The summed E-state index contributed by atoms with van der Waals surface area (Å²) < 4.78 is 5.17. The van der Waals surface area contributed by atoms with Gasteiger partial charge < -0.3 is 20.3 Å². The van der Waals surface area contributed by atoms with Gasteiger partial charge in [0.05, 0.1) is 12.2 Å². The lowest BCUT2D eigenvalue weighted by molar-refractivity contribution is 0.0776. The number of nitrogens with zero attached hydrogens (tertiary/aromatic N) is 2. The monoisotopic (exact) mass is 277 g/mol. The van der Waals surface area contributed by atoms with Gasteiger partial charge in [-0.05, 0) is 24.6 Å². The van der Waals surface area contributed by atoms with Gasteiger partial charge in [-0.3, -0.25) is 4.79 Å². The Morgan fingerprint density at radius 3 is 2.90 bits per heavy atom. The molecule has 0 spiro atoms. The SMILES string of the molecule is COCC1CCN(C(=O)c2cc(N)ccc2N(C)C)C1. The molecule has 0 radical (unpaired) electrons. The number of carbonyl (C=O) groups is 1. The molecular formula is C15H23N3O2. The zero-order chi connectivity index (χ0) is 14.7. The summed E-state index contributed by atoms with van der Waals surface area (Å²) in [6, 6.07) is 5.48. The van der Waals surface area contributed by atoms with E-state index < -0.39 is 0 Å². The van der Waals surface area contributed by atoms with Gasteiger partial charge in [0.1, 0.15) is 0 Å². The number of benzene rings is 1. The molecule has 20 heavy (non-hydrogen) atoms. The predicted octanol–water partition coefficient (Wildman–Crippen LogP) is 1.44. The molecule has 2 N–H and O–H groups in total. The number of anilines is 2. The fraction of sp³-hybridized carbons (Fsp3) is 0.533. The molecule has 1 aliphatic heterocycles. The van der Waals surface area contributed by atoms with Crippen LogP contribution in [-0.2, 0) is 4.74 Å². The number of hydrogen-bond donors (Lipinski definition) is 1. The molecule has 1 aromatic carbocycles. The van der Waals surface area contributed by atoms with E-state index in [1.54, 1.807) is 13.2 Å². The van der Waals surface area contributed by atoms with Gasteiger partial charge in [-0.1, -0.05) is 0 Å². The van der Waals surface area contributed by atoms with Gasteiger partial charge in [0.2, 0.25) is 0 Å². The minimum Gasteiger partial charge on any atom is -0.399 e. The Labute approximate surface area is 120 Å². The number of rotatable bonds is 4. The van der Waals surface area contributed by atoms with Crippen LogP contribution in [-0.4, -0.2) is 51.7 Å². The molecule has 1 unspecified atom stereocenters. The average Bonchev–Trinajstić information content (AvgIpc) is 2.86. The first-order chi connectivity index (χ1) is 9.52. The lowest BCUT2D eigenvalue weighted by Crippen LogP contribution is -2.30. The second-order valence-electron chi connectivity index (χ2n) is 5.53. The Morgan fingerprint density at radius 1 is 1.50 bits per heavy atom. The number of likely N-dealkylation sites (tertiary alicyclic amines) is 1.